The van der Waals surface area contributed by atoms with Crippen molar-refractivity contribution in [2.75, 3.05) is 13.2 Å². The van der Waals surface area contributed by atoms with Crippen molar-refractivity contribution in [1.29, 1.82) is 0 Å². The van der Waals surface area contributed by atoms with Crippen LogP contribution in [0.25, 0.3) is 10.9 Å². The van der Waals surface area contributed by atoms with Gasteiger partial charge < -0.3 is 19.3 Å². The second-order valence-corrected chi connectivity index (χ2v) is 6.45. The van der Waals surface area contributed by atoms with Crippen molar-refractivity contribution >= 4 is 22.8 Å². The van der Waals surface area contributed by atoms with Crippen LogP contribution in [0.5, 0.6) is 0 Å². The number of ether oxygens (including phenoxy) is 1. The zero-order valence-corrected chi connectivity index (χ0v) is 15.4. The highest BCUT2D eigenvalue weighted by atomic mass is 16.5. The van der Waals surface area contributed by atoms with E-state index in [0.29, 0.717) is 6.54 Å². The fourth-order valence-corrected chi connectivity index (χ4v) is 3.54. The Balaban J connectivity index is 2.16. The van der Waals surface area contributed by atoms with E-state index < -0.39 is 23.7 Å². The number of fused-ring (bicyclic) bond motifs is 1. The van der Waals surface area contributed by atoms with Crippen molar-refractivity contribution in [3.63, 3.8) is 0 Å². The minimum Gasteiger partial charge on any atom is -0.503 e. The van der Waals surface area contributed by atoms with Crippen LogP contribution >= 0.6 is 0 Å². The number of rotatable bonds is 6. The molecule has 0 aliphatic carbocycles. The summed E-state index contributed by atoms with van der Waals surface area (Å²) in [6.45, 7) is 4.39. The topological polar surface area (TPSA) is 71.8 Å². The van der Waals surface area contributed by atoms with Gasteiger partial charge in [-0.1, -0.05) is 31.5 Å². The van der Waals surface area contributed by atoms with Crippen molar-refractivity contribution in [2.45, 2.75) is 32.7 Å². The summed E-state index contributed by atoms with van der Waals surface area (Å²) in [6, 6.07) is 7.18. The normalized spacial score (nSPS) is 17.4. The number of esters is 1. The highest BCUT2D eigenvalue weighted by Gasteiger charge is 2.45. The van der Waals surface area contributed by atoms with E-state index in [1.54, 1.807) is 11.8 Å². The number of aryl methyl sites for hydroxylation is 1. The molecular weight excluding hydrogens is 332 g/mol. The van der Waals surface area contributed by atoms with Crippen LogP contribution in [0.4, 0.5) is 0 Å². The molecule has 0 spiro atoms. The minimum absolute atomic E-state index is 0.0318. The van der Waals surface area contributed by atoms with Gasteiger partial charge in [-0.15, -0.1) is 0 Å². The second-order valence-electron chi connectivity index (χ2n) is 6.45. The molecule has 1 amide bonds. The lowest BCUT2D eigenvalue weighted by atomic mass is 9.98. The Morgan fingerprint density at radius 3 is 2.69 bits per heavy atom. The number of unbranched alkanes of at least 4 members (excludes halogenated alkanes) is 1. The van der Waals surface area contributed by atoms with E-state index in [-0.39, 0.29) is 12.2 Å². The van der Waals surface area contributed by atoms with E-state index in [0.717, 1.165) is 29.3 Å². The molecule has 1 aliphatic rings. The molecule has 1 aromatic heterocycles. The zero-order valence-electron chi connectivity index (χ0n) is 15.4. The van der Waals surface area contributed by atoms with E-state index in [4.69, 9.17) is 4.74 Å². The molecule has 1 aromatic carbocycles. The Morgan fingerprint density at radius 2 is 2.00 bits per heavy atom. The number of nitrogens with zero attached hydrogens (tertiary/aromatic N) is 2. The number of aromatic nitrogens is 1. The number of hydrogen-bond acceptors (Lipinski definition) is 4. The average Bonchev–Trinajstić information content (AvgIpc) is 3.09. The monoisotopic (exact) mass is 356 g/mol. The standard InChI is InChI=1S/C20H24N2O4/c1-4-6-11-22-17(16(18(23)19(22)24)20(25)26-5-2)14-12-21(3)15-10-8-7-9-13(14)15/h7-10,12,17,23H,4-6,11H2,1-3H3. The number of aliphatic hydroxyl groups excluding tert-OH is 1. The van der Waals surface area contributed by atoms with Crippen LogP contribution in [0.3, 0.4) is 0 Å². The fraction of sp³-hybridized carbons (Fsp3) is 0.400. The number of hydrogen-bond donors (Lipinski definition) is 1. The molecule has 0 fully saturated rings. The number of benzene rings is 1. The van der Waals surface area contributed by atoms with Gasteiger partial charge in [0.2, 0.25) is 0 Å². The second kappa shape index (κ2) is 7.23. The number of carbonyl (C=O) groups excluding carboxylic acids is 2. The Kier molecular flexibility index (Phi) is 5.02. The SMILES string of the molecule is CCCCN1C(=O)C(O)=C(C(=O)OCC)C1c1cn(C)c2ccccc12. The van der Waals surface area contributed by atoms with Gasteiger partial charge in [-0.05, 0) is 19.4 Å². The maximum absolute atomic E-state index is 12.7. The predicted molar refractivity (Wildman–Crippen MR) is 98.6 cm³/mol. The van der Waals surface area contributed by atoms with Crippen molar-refractivity contribution in [2.24, 2.45) is 7.05 Å². The first kappa shape index (κ1) is 18.0. The quantitative estimate of drug-likeness (QED) is 0.807. The van der Waals surface area contributed by atoms with E-state index in [1.165, 1.54) is 0 Å². The van der Waals surface area contributed by atoms with Gasteiger partial charge in [0.1, 0.15) is 5.57 Å². The van der Waals surface area contributed by atoms with E-state index >= 15 is 0 Å². The maximum atomic E-state index is 12.7. The van der Waals surface area contributed by atoms with Crippen LogP contribution in [0.15, 0.2) is 41.8 Å². The first-order valence-electron chi connectivity index (χ1n) is 8.96. The summed E-state index contributed by atoms with van der Waals surface area (Å²) in [5.41, 5.74) is 1.85. The minimum atomic E-state index is -0.643. The predicted octanol–water partition coefficient (Wildman–Crippen LogP) is 3.24. The lowest BCUT2D eigenvalue weighted by Gasteiger charge is -2.26. The third-order valence-corrected chi connectivity index (χ3v) is 4.77. The molecule has 1 N–H and O–H groups in total. The van der Waals surface area contributed by atoms with Gasteiger partial charge in [-0.25, -0.2) is 4.79 Å². The molecule has 2 heterocycles. The molecule has 6 nitrogen and oxygen atoms in total. The third-order valence-electron chi connectivity index (χ3n) is 4.77. The molecule has 1 aliphatic heterocycles. The summed E-state index contributed by atoms with van der Waals surface area (Å²) in [6.07, 6.45) is 3.61. The molecule has 3 rings (SSSR count). The largest absolute Gasteiger partial charge is 0.503 e. The zero-order chi connectivity index (χ0) is 18.8. The van der Waals surface area contributed by atoms with E-state index in [9.17, 15) is 14.7 Å². The average molecular weight is 356 g/mol. The van der Waals surface area contributed by atoms with E-state index in [1.807, 2.05) is 49.0 Å². The number of aliphatic hydroxyl groups is 1. The third kappa shape index (κ3) is 2.85. The van der Waals surface area contributed by atoms with Crippen LogP contribution in [-0.2, 0) is 21.4 Å². The summed E-state index contributed by atoms with van der Waals surface area (Å²) in [5.74, 6) is -1.66. The van der Waals surface area contributed by atoms with Crippen molar-refractivity contribution < 1.29 is 19.4 Å². The van der Waals surface area contributed by atoms with E-state index in [2.05, 4.69) is 0 Å². The molecule has 6 heteroatoms. The molecule has 0 bridgehead atoms. The van der Waals surface area contributed by atoms with Gasteiger partial charge in [0, 0.05) is 36.3 Å². The molecule has 0 radical (unpaired) electrons. The summed E-state index contributed by atoms with van der Waals surface area (Å²) in [5, 5.41) is 11.4. The number of carbonyl (C=O) groups is 2. The van der Waals surface area contributed by atoms with Crippen LogP contribution in [0, 0.1) is 0 Å². The summed E-state index contributed by atoms with van der Waals surface area (Å²) in [7, 11) is 1.92. The summed E-state index contributed by atoms with van der Waals surface area (Å²) < 4.78 is 7.09. The molecule has 2 aromatic rings. The Bertz CT molecular complexity index is 881. The Labute approximate surface area is 152 Å². The molecule has 1 atom stereocenters. The molecule has 26 heavy (non-hydrogen) atoms. The van der Waals surface area contributed by atoms with Gasteiger partial charge in [0.25, 0.3) is 5.91 Å². The van der Waals surface area contributed by atoms with Gasteiger partial charge in [-0.3, -0.25) is 4.79 Å². The van der Waals surface area contributed by atoms with Crippen LogP contribution in [0.1, 0.15) is 38.3 Å². The van der Waals surface area contributed by atoms with Gasteiger partial charge in [-0.2, -0.15) is 0 Å². The smallest absolute Gasteiger partial charge is 0.340 e. The highest BCUT2D eigenvalue weighted by Crippen LogP contribution is 2.41. The lowest BCUT2D eigenvalue weighted by molar-refractivity contribution is -0.139. The summed E-state index contributed by atoms with van der Waals surface area (Å²) >= 11 is 0. The summed E-state index contributed by atoms with van der Waals surface area (Å²) in [4.78, 5) is 26.8. The fourth-order valence-electron chi connectivity index (χ4n) is 3.54. The molecule has 1 unspecified atom stereocenters. The van der Waals surface area contributed by atoms with Crippen LogP contribution in [-0.4, -0.2) is 39.6 Å². The van der Waals surface area contributed by atoms with Crippen molar-refractivity contribution in [3.8, 4) is 0 Å². The lowest BCUT2D eigenvalue weighted by Crippen LogP contribution is -2.32. The van der Waals surface area contributed by atoms with Crippen LogP contribution in [0.2, 0.25) is 0 Å². The molecule has 0 saturated heterocycles. The van der Waals surface area contributed by atoms with Gasteiger partial charge in [0.15, 0.2) is 5.76 Å². The maximum Gasteiger partial charge on any atom is 0.340 e. The Morgan fingerprint density at radius 1 is 1.27 bits per heavy atom. The molecule has 138 valence electrons. The van der Waals surface area contributed by atoms with Crippen molar-refractivity contribution in [3.05, 3.63) is 47.4 Å². The van der Waals surface area contributed by atoms with Gasteiger partial charge >= 0.3 is 5.97 Å². The Hall–Kier alpha value is -2.76. The van der Waals surface area contributed by atoms with Crippen LogP contribution < -0.4 is 0 Å². The first-order chi connectivity index (χ1) is 12.5. The molecule has 0 saturated carbocycles. The first-order valence-corrected chi connectivity index (χ1v) is 8.96. The molecular formula is C20H24N2O4. The van der Waals surface area contributed by atoms with Gasteiger partial charge in [0.05, 0.1) is 12.6 Å². The number of amides is 1. The number of para-hydroxylation sites is 1. The van der Waals surface area contributed by atoms with Crippen molar-refractivity contribution in [1.82, 2.24) is 9.47 Å². The highest BCUT2D eigenvalue weighted by molar-refractivity contribution is 6.07.